The summed E-state index contributed by atoms with van der Waals surface area (Å²) in [6.45, 7) is 7.32. The fourth-order valence-electron chi connectivity index (χ4n) is 2.64. The van der Waals surface area contributed by atoms with Crippen molar-refractivity contribution >= 4 is 5.69 Å². The second kappa shape index (κ2) is 6.21. The summed E-state index contributed by atoms with van der Waals surface area (Å²) < 4.78 is 0. The minimum Gasteiger partial charge on any atom is -0.371 e. The molecule has 0 saturated carbocycles. The van der Waals surface area contributed by atoms with E-state index in [2.05, 4.69) is 43.0 Å². The molecule has 1 aromatic carbocycles. The first kappa shape index (κ1) is 13.4. The quantitative estimate of drug-likeness (QED) is 0.833. The summed E-state index contributed by atoms with van der Waals surface area (Å²) in [4.78, 5) is 7.23. The first-order chi connectivity index (χ1) is 8.70. The van der Waals surface area contributed by atoms with Crippen molar-refractivity contribution in [2.45, 2.75) is 32.6 Å². The monoisotopic (exact) mass is 248 g/mol. The van der Waals surface area contributed by atoms with Gasteiger partial charge in [-0.1, -0.05) is 26.0 Å². The predicted octanol–water partition coefficient (Wildman–Crippen LogP) is 2.92. The highest BCUT2D eigenvalue weighted by Gasteiger charge is 2.20. The van der Waals surface area contributed by atoms with Gasteiger partial charge >= 0.3 is 0 Å². The van der Waals surface area contributed by atoms with Crippen LogP contribution in [0.1, 0.15) is 38.2 Å². The van der Waals surface area contributed by atoms with Crippen LogP contribution < -0.4 is 10.8 Å². The van der Waals surface area contributed by atoms with Crippen molar-refractivity contribution in [3.05, 3.63) is 29.8 Å². The topological polar surface area (TPSA) is 38.5 Å². The van der Waals surface area contributed by atoms with E-state index in [0.29, 0.717) is 18.4 Å². The molecule has 1 unspecified atom stereocenters. The number of piperidine rings is 1. The van der Waals surface area contributed by atoms with Gasteiger partial charge in [0.2, 0.25) is 0 Å². The number of nitrogens with zero attached hydrogens (tertiary/aromatic N) is 1. The third-order valence-corrected chi connectivity index (χ3v) is 3.78. The molecule has 0 bridgehead atoms. The molecule has 1 aromatic rings. The second-order valence-electron chi connectivity index (χ2n) is 5.53. The summed E-state index contributed by atoms with van der Waals surface area (Å²) in [5.41, 5.74) is 2.72. The number of rotatable bonds is 4. The van der Waals surface area contributed by atoms with Gasteiger partial charge in [-0.15, -0.1) is 0 Å². The Balaban J connectivity index is 2.02. The Morgan fingerprint density at radius 1 is 1.33 bits per heavy atom. The molecule has 100 valence electrons. The fourth-order valence-corrected chi connectivity index (χ4v) is 2.64. The summed E-state index contributed by atoms with van der Waals surface area (Å²) >= 11 is 0. The Bertz CT molecular complexity index is 359. The fraction of sp³-hybridized carbons (Fsp3) is 0.600. The van der Waals surface area contributed by atoms with Gasteiger partial charge < -0.3 is 9.74 Å². The highest BCUT2D eigenvalue weighted by Crippen LogP contribution is 2.25. The number of hydrogen-bond acceptors (Lipinski definition) is 3. The van der Waals surface area contributed by atoms with Gasteiger partial charge in [-0.25, -0.2) is 5.90 Å². The Kier molecular flexibility index (Phi) is 4.61. The molecular weight excluding hydrogens is 224 g/mol. The van der Waals surface area contributed by atoms with Gasteiger partial charge in [0, 0.05) is 24.7 Å². The van der Waals surface area contributed by atoms with Crippen molar-refractivity contribution in [3.63, 3.8) is 0 Å². The molecule has 0 aliphatic carbocycles. The second-order valence-corrected chi connectivity index (χ2v) is 5.53. The molecule has 1 aliphatic heterocycles. The molecule has 0 spiro atoms. The Morgan fingerprint density at radius 2 is 2.06 bits per heavy atom. The molecule has 3 heteroatoms. The van der Waals surface area contributed by atoms with Crippen LogP contribution in [0.15, 0.2) is 24.3 Å². The lowest BCUT2D eigenvalue weighted by Crippen LogP contribution is -2.37. The van der Waals surface area contributed by atoms with E-state index in [0.717, 1.165) is 13.1 Å². The zero-order valence-corrected chi connectivity index (χ0v) is 11.4. The van der Waals surface area contributed by atoms with Gasteiger partial charge in [-0.2, -0.15) is 0 Å². The van der Waals surface area contributed by atoms with Gasteiger partial charge in [0.05, 0.1) is 6.61 Å². The van der Waals surface area contributed by atoms with Gasteiger partial charge in [-0.3, -0.25) is 0 Å². The molecule has 0 radical (unpaired) electrons. The van der Waals surface area contributed by atoms with Crippen molar-refractivity contribution in [3.8, 4) is 0 Å². The van der Waals surface area contributed by atoms with Crippen molar-refractivity contribution in [2.24, 2.45) is 11.8 Å². The summed E-state index contributed by atoms with van der Waals surface area (Å²) in [6, 6.07) is 8.95. The Hall–Kier alpha value is -1.06. The number of nitrogens with two attached hydrogens (primary N) is 1. The van der Waals surface area contributed by atoms with Crippen LogP contribution in [0.5, 0.6) is 0 Å². The van der Waals surface area contributed by atoms with E-state index in [1.54, 1.807) is 0 Å². The van der Waals surface area contributed by atoms with E-state index in [1.165, 1.54) is 24.1 Å². The van der Waals surface area contributed by atoms with Crippen LogP contribution in [-0.2, 0) is 4.84 Å². The van der Waals surface area contributed by atoms with Crippen LogP contribution in [0, 0.1) is 5.92 Å². The van der Waals surface area contributed by atoms with E-state index in [1.807, 2.05) is 0 Å². The third kappa shape index (κ3) is 3.24. The normalized spacial score (nSPS) is 20.4. The van der Waals surface area contributed by atoms with E-state index in [9.17, 15) is 0 Å². The average molecular weight is 248 g/mol. The molecule has 1 saturated heterocycles. The third-order valence-electron chi connectivity index (χ3n) is 3.78. The zero-order valence-electron chi connectivity index (χ0n) is 11.4. The first-order valence-corrected chi connectivity index (χ1v) is 6.87. The lowest BCUT2D eigenvalue weighted by atomic mass is 9.97. The van der Waals surface area contributed by atoms with Gasteiger partial charge in [-0.05, 0) is 36.5 Å². The predicted molar refractivity (Wildman–Crippen MR) is 75.6 cm³/mol. The molecular formula is C15H24N2O. The van der Waals surface area contributed by atoms with E-state index in [4.69, 9.17) is 10.7 Å². The van der Waals surface area contributed by atoms with Gasteiger partial charge in [0.15, 0.2) is 0 Å². The Labute approximate surface area is 110 Å². The number of hydrogen-bond donors (Lipinski definition) is 1. The number of anilines is 1. The van der Waals surface area contributed by atoms with Crippen molar-refractivity contribution < 1.29 is 4.84 Å². The van der Waals surface area contributed by atoms with Crippen LogP contribution in [0.4, 0.5) is 5.69 Å². The Morgan fingerprint density at radius 3 is 2.67 bits per heavy atom. The van der Waals surface area contributed by atoms with Gasteiger partial charge in [0.25, 0.3) is 0 Å². The van der Waals surface area contributed by atoms with Crippen molar-refractivity contribution in [2.75, 3.05) is 24.6 Å². The molecule has 1 aliphatic rings. The van der Waals surface area contributed by atoms with E-state index in [-0.39, 0.29) is 0 Å². The number of benzene rings is 1. The van der Waals surface area contributed by atoms with E-state index >= 15 is 0 Å². The standard InChI is InChI=1S/C15H24N2O/c1-12(2)14-5-7-15(8-6-14)17-9-3-4-13(10-17)11-18-16/h5-8,12-13H,3-4,9-11,16H2,1-2H3. The summed E-state index contributed by atoms with van der Waals surface area (Å²) in [7, 11) is 0. The lowest BCUT2D eigenvalue weighted by molar-refractivity contribution is 0.0951. The molecule has 18 heavy (non-hydrogen) atoms. The maximum atomic E-state index is 5.18. The van der Waals surface area contributed by atoms with Crippen LogP contribution in [-0.4, -0.2) is 19.7 Å². The SMILES string of the molecule is CC(C)c1ccc(N2CCCC(CON)C2)cc1. The maximum Gasteiger partial charge on any atom is 0.0724 e. The first-order valence-electron chi connectivity index (χ1n) is 6.87. The molecule has 1 atom stereocenters. The van der Waals surface area contributed by atoms with E-state index < -0.39 is 0 Å². The van der Waals surface area contributed by atoms with Crippen LogP contribution >= 0.6 is 0 Å². The smallest absolute Gasteiger partial charge is 0.0724 e. The lowest BCUT2D eigenvalue weighted by Gasteiger charge is -2.34. The van der Waals surface area contributed by atoms with Crippen LogP contribution in [0.25, 0.3) is 0 Å². The molecule has 2 N–H and O–H groups in total. The largest absolute Gasteiger partial charge is 0.371 e. The molecule has 1 heterocycles. The minimum absolute atomic E-state index is 0.563. The highest BCUT2D eigenvalue weighted by molar-refractivity contribution is 5.48. The summed E-state index contributed by atoms with van der Waals surface area (Å²) in [5, 5.41) is 0. The zero-order chi connectivity index (χ0) is 13.0. The van der Waals surface area contributed by atoms with Gasteiger partial charge in [0.1, 0.15) is 0 Å². The molecule has 3 nitrogen and oxygen atoms in total. The van der Waals surface area contributed by atoms with Crippen molar-refractivity contribution in [1.82, 2.24) is 0 Å². The summed E-state index contributed by atoms with van der Waals surface area (Å²) in [5.74, 6) is 6.34. The van der Waals surface area contributed by atoms with Crippen LogP contribution in [0.2, 0.25) is 0 Å². The highest BCUT2D eigenvalue weighted by atomic mass is 16.6. The van der Waals surface area contributed by atoms with Crippen LogP contribution in [0.3, 0.4) is 0 Å². The maximum absolute atomic E-state index is 5.18. The average Bonchev–Trinajstić information content (AvgIpc) is 2.39. The van der Waals surface area contributed by atoms with Crippen molar-refractivity contribution in [1.29, 1.82) is 0 Å². The molecule has 2 rings (SSSR count). The molecule has 0 amide bonds. The summed E-state index contributed by atoms with van der Waals surface area (Å²) in [6.07, 6.45) is 2.44. The molecule has 1 fully saturated rings. The minimum atomic E-state index is 0.563. The molecule has 0 aromatic heterocycles.